The first-order valence-corrected chi connectivity index (χ1v) is 6.01. The zero-order valence-corrected chi connectivity index (χ0v) is 11.1. The Morgan fingerprint density at radius 1 is 1.28 bits per heavy atom. The summed E-state index contributed by atoms with van der Waals surface area (Å²) in [5, 5.41) is 3.99. The topological polar surface area (TPSA) is 41.1 Å². The molecule has 0 atom stereocenters. The molecule has 2 aromatic rings. The van der Waals surface area contributed by atoms with Crippen molar-refractivity contribution in [1.82, 2.24) is 9.97 Å². The fraction of sp³-hybridized carbons (Fsp3) is 0.231. The van der Waals surface area contributed by atoms with Gasteiger partial charge >= 0.3 is 0 Å². The highest BCUT2D eigenvalue weighted by Gasteiger charge is 2.01. The lowest BCUT2D eigenvalue weighted by Gasteiger charge is -2.11. The first kappa shape index (κ1) is 12.6. The molecule has 1 aromatic carbocycles. The summed E-state index contributed by atoms with van der Waals surface area (Å²) >= 11 is 5.93. The van der Waals surface area contributed by atoms with Gasteiger partial charge in [-0.05, 0) is 23.8 Å². The van der Waals surface area contributed by atoms with Crippen molar-refractivity contribution in [3.8, 4) is 0 Å². The van der Waals surface area contributed by atoms with E-state index in [1.165, 1.54) is 0 Å². The number of benzene rings is 1. The fourth-order valence-electron chi connectivity index (χ4n) is 1.50. The van der Waals surface area contributed by atoms with Crippen molar-refractivity contribution >= 4 is 23.4 Å². The molecule has 1 heterocycles. The number of nitrogens with zero attached hydrogens (tertiary/aromatic N) is 3. The fourth-order valence-corrected chi connectivity index (χ4v) is 1.71. The molecule has 1 N–H and O–H groups in total. The molecular formula is C13H15ClN4. The van der Waals surface area contributed by atoms with Crippen LogP contribution >= 0.6 is 11.6 Å². The molecule has 4 nitrogen and oxygen atoms in total. The van der Waals surface area contributed by atoms with Gasteiger partial charge in [0.05, 0.1) is 0 Å². The van der Waals surface area contributed by atoms with E-state index in [-0.39, 0.29) is 0 Å². The Kier molecular flexibility index (Phi) is 3.99. The Labute approximate surface area is 112 Å². The molecule has 0 aliphatic carbocycles. The van der Waals surface area contributed by atoms with Crippen molar-refractivity contribution in [3.63, 3.8) is 0 Å². The van der Waals surface area contributed by atoms with Crippen LogP contribution in [0.25, 0.3) is 0 Å². The van der Waals surface area contributed by atoms with Crippen molar-refractivity contribution in [2.45, 2.75) is 6.54 Å². The summed E-state index contributed by atoms with van der Waals surface area (Å²) in [5.74, 6) is 1.49. The highest BCUT2D eigenvalue weighted by atomic mass is 35.5. The number of aromatic nitrogens is 2. The van der Waals surface area contributed by atoms with Gasteiger partial charge in [0, 0.05) is 31.9 Å². The van der Waals surface area contributed by atoms with Gasteiger partial charge in [-0.15, -0.1) is 0 Å². The maximum Gasteiger partial charge on any atom is 0.226 e. The zero-order valence-electron chi connectivity index (χ0n) is 10.4. The largest absolute Gasteiger partial charge is 0.366 e. The number of anilines is 2. The monoisotopic (exact) mass is 262 g/mol. The quantitative estimate of drug-likeness (QED) is 0.920. The minimum Gasteiger partial charge on any atom is -0.366 e. The molecule has 0 bridgehead atoms. The molecule has 0 aliphatic rings. The van der Waals surface area contributed by atoms with E-state index in [2.05, 4.69) is 15.3 Å². The van der Waals surface area contributed by atoms with E-state index in [4.69, 9.17) is 11.6 Å². The minimum atomic E-state index is 0.685. The van der Waals surface area contributed by atoms with E-state index in [1.54, 1.807) is 6.20 Å². The maximum atomic E-state index is 5.93. The summed E-state index contributed by atoms with van der Waals surface area (Å²) in [7, 11) is 3.83. The van der Waals surface area contributed by atoms with Crippen LogP contribution in [0.3, 0.4) is 0 Å². The molecule has 5 heteroatoms. The van der Waals surface area contributed by atoms with Gasteiger partial charge in [0.1, 0.15) is 5.82 Å². The lowest BCUT2D eigenvalue weighted by atomic mass is 10.2. The van der Waals surface area contributed by atoms with E-state index >= 15 is 0 Å². The number of nitrogens with one attached hydrogen (secondary N) is 1. The van der Waals surface area contributed by atoms with Crippen LogP contribution in [0, 0.1) is 0 Å². The van der Waals surface area contributed by atoms with Crippen molar-refractivity contribution in [1.29, 1.82) is 0 Å². The Balaban J connectivity index is 2.04. The van der Waals surface area contributed by atoms with Gasteiger partial charge in [-0.2, -0.15) is 4.98 Å². The minimum absolute atomic E-state index is 0.685. The average molecular weight is 263 g/mol. The maximum absolute atomic E-state index is 5.93. The van der Waals surface area contributed by atoms with Crippen LogP contribution < -0.4 is 10.2 Å². The smallest absolute Gasteiger partial charge is 0.226 e. The van der Waals surface area contributed by atoms with Gasteiger partial charge in [-0.3, -0.25) is 0 Å². The number of hydrogen-bond acceptors (Lipinski definition) is 4. The summed E-state index contributed by atoms with van der Waals surface area (Å²) in [5.41, 5.74) is 1.12. The number of halogens is 1. The number of rotatable bonds is 4. The third-order valence-electron chi connectivity index (χ3n) is 2.41. The van der Waals surface area contributed by atoms with E-state index < -0.39 is 0 Å². The van der Waals surface area contributed by atoms with E-state index in [9.17, 15) is 0 Å². The lowest BCUT2D eigenvalue weighted by molar-refractivity contribution is 0.987. The Morgan fingerprint density at radius 3 is 2.83 bits per heavy atom. The lowest BCUT2D eigenvalue weighted by Crippen LogP contribution is -2.13. The molecule has 0 unspecified atom stereocenters. The van der Waals surface area contributed by atoms with Crippen molar-refractivity contribution in [3.05, 3.63) is 47.1 Å². The molecule has 0 spiro atoms. The van der Waals surface area contributed by atoms with Crippen LogP contribution in [0.1, 0.15) is 5.56 Å². The Bertz CT molecular complexity index is 528. The highest BCUT2D eigenvalue weighted by molar-refractivity contribution is 6.30. The molecule has 1 aromatic heterocycles. The van der Waals surface area contributed by atoms with Gasteiger partial charge in [0.15, 0.2) is 0 Å². The third-order valence-corrected chi connectivity index (χ3v) is 2.64. The molecule has 2 rings (SSSR count). The predicted molar refractivity (Wildman–Crippen MR) is 75.1 cm³/mol. The van der Waals surface area contributed by atoms with Gasteiger partial charge in [-0.1, -0.05) is 23.7 Å². The SMILES string of the molecule is CN(C)c1nccc(NCc2cccc(Cl)c2)n1. The molecule has 0 amide bonds. The van der Waals surface area contributed by atoms with E-state index in [0.717, 1.165) is 16.4 Å². The normalized spacial score (nSPS) is 10.2. The van der Waals surface area contributed by atoms with Crippen LogP contribution in [0.2, 0.25) is 5.02 Å². The van der Waals surface area contributed by atoms with Crippen LogP contribution in [-0.4, -0.2) is 24.1 Å². The molecule has 94 valence electrons. The van der Waals surface area contributed by atoms with Crippen LogP contribution in [0.5, 0.6) is 0 Å². The summed E-state index contributed by atoms with van der Waals surface area (Å²) < 4.78 is 0. The summed E-state index contributed by atoms with van der Waals surface area (Å²) in [4.78, 5) is 10.4. The zero-order chi connectivity index (χ0) is 13.0. The van der Waals surface area contributed by atoms with Crippen molar-refractivity contribution < 1.29 is 0 Å². The second-order valence-corrected chi connectivity index (χ2v) is 4.56. The first-order valence-electron chi connectivity index (χ1n) is 5.64. The molecule has 0 fully saturated rings. The predicted octanol–water partition coefficient (Wildman–Crippen LogP) is 2.81. The second-order valence-electron chi connectivity index (χ2n) is 4.12. The molecular weight excluding hydrogens is 248 g/mol. The summed E-state index contributed by atoms with van der Waals surface area (Å²) in [6, 6.07) is 9.59. The second kappa shape index (κ2) is 5.69. The van der Waals surface area contributed by atoms with Gasteiger partial charge in [-0.25, -0.2) is 4.98 Å². The Morgan fingerprint density at radius 2 is 2.11 bits per heavy atom. The number of hydrogen-bond donors (Lipinski definition) is 1. The first-order chi connectivity index (χ1) is 8.65. The van der Waals surface area contributed by atoms with Gasteiger partial charge in [0.25, 0.3) is 0 Å². The molecule has 0 radical (unpaired) electrons. The highest BCUT2D eigenvalue weighted by Crippen LogP contribution is 2.13. The summed E-state index contributed by atoms with van der Waals surface area (Å²) in [6.07, 6.45) is 1.74. The Hall–Kier alpha value is -1.81. The van der Waals surface area contributed by atoms with E-state index in [0.29, 0.717) is 12.5 Å². The van der Waals surface area contributed by atoms with Gasteiger partial charge in [0.2, 0.25) is 5.95 Å². The van der Waals surface area contributed by atoms with Crippen LogP contribution in [0.15, 0.2) is 36.5 Å². The van der Waals surface area contributed by atoms with Crippen molar-refractivity contribution in [2.24, 2.45) is 0 Å². The van der Waals surface area contributed by atoms with Gasteiger partial charge < -0.3 is 10.2 Å². The molecule has 18 heavy (non-hydrogen) atoms. The van der Waals surface area contributed by atoms with Crippen molar-refractivity contribution in [2.75, 3.05) is 24.3 Å². The van der Waals surface area contributed by atoms with E-state index in [1.807, 2.05) is 49.3 Å². The molecule has 0 saturated carbocycles. The van der Waals surface area contributed by atoms with Crippen LogP contribution in [0.4, 0.5) is 11.8 Å². The molecule has 0 aliphatic heterocycles. The standard InChI is InChI=1S/C13H15ClN4/c1-18(2)13-15-7-6-12(17-13)16-9-10-4-3-5-11(14)8-10/h3-8H,9H2,1-2H3,(H,15,16,17). The third kappa shape index (κ3) is 3.34. The average Bonchev–Trinajstić information content (AvgIpc) is 2.37. The van der Waals surface area contributed by atoms with Crippen LogP contribution in [-0.2, 0) is 6.54 Å². The summed E-state index contributed by atoms with van der Waals surface area (Å²) in [6.45, 7) is 0.685. The molecule has 0 saturated heterocycles.